The summed E-state index contributed by atoms with van der Waals surface area (Å²) < 4.78 is 2.70. The molecule has 1 heteroatoms. The van der Waals surface area contributed by atoms with Gasteiger partial charge in [-0.2, -0.15) is 4.40 Å². The fraction of sp³-hybridized carbons (Fsp3) is 0. The van der Waals surface area contributed by atoms with E-state index in [0.717, 1.165) is 0 Å². The first kappa shape index (κ1) is 19.5. The van der Waals surface area contributed by atoms with Crippen molar-refractivity contribution in [3.8, 4) is 0 Å². The van der Waals surface area contributed by atoms with Gasteiger partial charge in [0.05, 0.1) is 32.3 Å². The highest BCUT2D eigenvalue weighted by molar-refractivity contribution is 6.52. The topological polar surface area (TPSA) is 4.10 Å². The summed E-state index contributed by atoms with van der Waals surface area (Å²) in [7, 11) is 0. The molecule has 0 amide bonds. The van der Waals surface area contributed by atoms with E-state index in [1.54, 1.807) is 0 Å². The molecule has 0 atom stereocenters. The first-order valence-corrected chi connectivity index (χ1v) is 14.9. The van der Waals surface area contributed by atoms with Crippen molar-refractivity contribution in [2.45, 2.75) is 0 Å². The van der Waals surface area contributed by atoms with Gasteiger partial charge in [0.2, 0.25) is 16.6 Å². The number of aromatic nitrogens is 1. The second-order valence-corrected chi connectivity index (χ2v) is 12.5. The average Bonchev–Trinajstić information content (AvgIpc) is 3.06. The molecule has 0 fully saturated rings. The van der Waals surface area contributed by atoms with E-state index in [0.29, 0.717) is 0 Å². The predicted octanol–water partition coefficient (Wildman–Crippen LogP) is 10.7. The van der Waals surface area contributed by atoms with Crippen molar-refractivity contribution in [1.82, 2.24) is 0 Å². The number of rotatable bonds is 0. The van der Waals surface area contributed by atoms with Crippen LogP contribution in [-0.2, 0) is 0 Å². The lowest BCUT2D eigenvalue weighted by molar-refractivity contribution is -0.446. The van der Waals surface area contributed by atoms with Gasteiger partial charge in [-0.25, -0.2) is 0 Å². The minimum absolute atomic E-state index is 1.34. The summed E-state index contributed by atoms with van der Waals surface area (Å²) >= 11 is 0. The normalized spacial score (nSPS) is 13.7. The monoisotopic (exact) mass is 524 g/mol. The summed E-state index contributed by atoms with van der Waals surface area (Å²) in [5.41, 5.74) is 4.12. The molecule has 0 spiro atoms. The zero-order valence-electron chi connectivity index (χ0n) is 22.3. The highest BCUT2D eigenvalue weighted by Crippen LogP contribution is 2.55. The van der Waals surface area contributed by atoms with Gasteiger partial charge in [0, 0.05) is 26.9 Å². The second kappa shape index (κ2) is 5.91. The largest absolute Gasteiger partial charge is 0.228 e. The van der Waals surface area contributed by atoms with Crippen molar-refractivity contribution < 1.29 is 4.40 Å². The van der Waals surface area contributed by atoms with Crippen molar-refractivity contribution >= 4 is 124 Å². The molecule has 3 aromatic heterocycles. The maximum absolute atomic E-state index is 2.70. The molecule has 1 nitrogen and oxygen atoms in total. The zero-order chi connectivity index (χ0) is 26.6. The lowest BCUT2D eigenvalue weighted by Crippen LogP contribution is -2.28. The number of nitrogens with zero attached hydrogens (tertiary/aromatic N) is 1. The third kappa shape index (κ3) is 1.71. The van der Waals surface area contributed by atoms with Crippen molar-refractivity contribution in [3.63, 3.8) is 0 Å². The Labute approximate surface area is 237 Å². The second-order valence-electron chi connectivity index (χ2n) is 12.5. The number of pyridine rings is 3. The summed E-state index contributed by atoms with van der Waals surface area (Å²) in [6.07, 6.45) is 0. The molecule has 0 radical (unpaired) electrons. The molecule has 42 heavy (non-hydrogen) atoms. The number of fused-ring (bicyclic) bond motifs is 6. The average molecular weight is 525 g/mol. The summed E-state index contributed by atoms with van der Waals surface area (Å²) in [6.45, 7) is 0. The van der Waals surface area contributed by atoms with Crippen molar-refractivity contribution in [1.29, 1.82) is 0 Å². The van der Waals surface area contributed by atoms with Crippen LogP contribution >= 0.6 is 0 Å². The van der Waals surface area contributed by atoms with Crippen LogP contribution in [0.5, 0.6) is 0 Å². The van der Waals surface area contributed by atoms with Crippen LogP contribution in [0.15, 0.2) is 109 Å². The minimum Gasteiger partial charge on any atom is -0.150 e. The molecule has 10 aromatic carbocycles. The molecule has 0 saturated carbocycles. The van der Waals surface area contributed by atoms with E-state index in [1.807, 2.05) is 0 Å². The van der Waals surface area contributed by atoms with Crippen LogP contribution < -0.4 is 4.40 Å². The van der Waals surface area contributed by atoms with Crippen LogP contribution in [-0.4, -0.2) is 0 Å². The van der Waals surface area contributed by atoms with E-state index in [1.165, 1.54) is 124 Å². The third-order valence-corrected chi connectivity index (χ3v) is 11.0. The Bertz CT molecular complexity index is 2520. The van der Waals surface area contributed by atoms with Crippen LogP contribution in [0.3, 0.4) is 0 Å². The third-order valence-electron chi connectivity index (χ3n) is 11.0. The summed E-state index contributed by atoms with van der Waals surface area (Å²) in [5, 5.41) is 27.7. The Kier molecular flexibility index (Phi) is 2.75. The van der Waals surface area contributed by atoms with E-state index >= 15 is 0 Å². The number of hydrogen-bond donors (Lipinski definition) is 0. The maximum atomic E-state index is 2.70. The summed E-state index contributed by atoms with van der Waals surface area (Å²) in [5.74, 6) is 0. The molecule has 0 aliphatic rings. The summed E-state index contributed by atoms with van der Waals surface area (Å²) in [4.78, 5) is 0. The fourth-order valence-corrected chi connectivity index (χ4v) is 9.67. The SMILES string of the molecule is c1cc2c3cccc4c5cccc6c7cccc8c9cccc%10c%11cccc%12c(c1)c2c1c(c34)c(c56)[n+](c78)c(c%109)c1c%12%11. The van der Waals surface area contributed by atoms with Gasteiger partial charge in [0.25, 0.3) is 0 Å². The molecule has 0 unspecified atom stereocenters. The molecule has 0 bridgehead atoms. The van der Waals surface area contributed by atoms with Crippen molar-refractivity contribution in [2.75, 3.05) is 0 Å². The molecular weight excluding hydrogens is 506 g/mol. The predicted molar refractivity (Wildman–Crippen MR) is 179 cm³/mol. The molecule has 0 N–H and O–H groups in total. The Morgan fingerprint density at radius 3 is 0.833 bits per heavy atom. The van der Waals surface area contributed by atoms with E-state index in [9.17, 15) is 0 Å². The zero-order valence-corrected chi connectivity index (χ0v) is 22.3. The van der Waals surface area contributed by atoms with Crippen LogP contribution in [0.1, 0.15) is 0 Å². The highest BCUT2D eigenvalue weighted by Gasteiger charge is 2.35. The molecule has 186 valence electrons. The molecule has 0 aliphatic heterocycles. The van der Waals surface area contributed by atoms with E-state index in [2.05, 4.69) is 114 Å². The lowest BCUT2D eigenvalue weighted by atomic mass is 9.79. The van der Waals surface area contributed by atoms with Gasteiger partial charge in [-0.3, -0.25) is 0 Å². The Balaban J connectivity index is 1.64. The van der Waals surface area contributed by atoms with Gasteiger partial charge >= 0.3 is 0 Å². The molecule has 13 aromatic rings. The van der Waals surface area contributed by atoms with Gasteiger partial charge < -0.3 is 0 Å². The minimum atomic E-state index is 1.34. The Hall–Kier alpha value is -5.53. The number of para-hydroxylation sites is 1. The van der Waals surface area contributed by atoms with E-state index in [4.69, 9.17) is 0 Å². The quantitative estimate of drug-likeness (QED) is 0.106. The molecule has 0 aliphatic carbocycles. The number of benzene rings is 10. The Morgan fingerprint density at radius 2 is 0.476 bits per heavy atom. The first-order chi connectivity index (χ1) is 20.9. The summed E-state index contributed by atoms with van der Waals surface area (Å²) in [6, 6.07) is 41.9. The fourth-order valence-electron chi connectivity index (χ4n) is 9.67. The molecule has 0 saturated heterocycles. The highest BCUT2D eigenvalue weighted by atomic mass is 14.9. The smallest absolute Gasteiger partial charge is 0.150 e. The van der Waals surface area contributed by atoms with Crippen LogP contribution in [0.25, 0.3) is 124 Å². The van der Waals surface area contributed by atoms with E-state index < -0.39 is 0 Å². The maximum Gasteiger partial charge on any atom is 0.228 e. The van der Waals surface area contributed by atoms with Gasteiger partial charge in [0.1, 0.15) is 0 Å². The standard InChI is InChI=1S/C41H18N/c1-7-19-21-9-2-11-23-25-13-4-15-27-29-17-6-18-30-28-16-5-14-26-24-12-3-10-22-20(8-1)31(19)36-37(32(21)23)40(34(25)27)42(39(29)30)41(35(26)28)38(36)33(22)24/h1-18H/q+1. The molecule has 13 rings (SSSR count). The van der Waals surface area contributed by atoms with Crippen LogP contribution in [0.4, 0.5) is 0 Å². The van der Waals surface area contributed by atoms with Gasteiger partial charge in [-0.1, -0.05) is 97.1 Å². The molecular formula is C41H18N+. The Morgan fingerprint density at radius 1 is 0.214 bits per heavy atom. The lowest BCUT2D eigenvalue weighted by Gasteiger charge is -2.24. The van der Waals surface area contributed by atoms with Gasteiger partial charge in [-0.15, -0.1) is 0 Å². The molecule has 3 heterocycles. The number of hydrogen-bond acceptors (Lipinski definition) is 0. The van der Waals surface area contributed by atoms with Crippen LogP contribution in [0.2, 0.25) is 0 Å². The van der Waals surface area contributed by atoms with E-state index in [-0.39, 0.29) is 0 Å². The van der Waals surface area contributed by atoms with Crippen LogP contribution in [0, 0.1) is 0 Å². The first-order valence-electron chi connectivity index (χ1n) is 14.9. The van der Waals surface area contributed by atoms with Gasteiger partial charge in [0.15, 0.2) is 0 Å². The van der Waals surface area contributed by atoms with Crippen molar-refractivity contribution in [3.05, 3.63) is 109 Å². The van der Waals surface area contributed by atoms with Gasteiger partial charge in [-0.05, 0) is 60.6 Å². The van der Waals surface area contributed by atoms with Crippen molar-refractivity contribution in [2.24, 2.45) is 0 Å².